The third-order valence-corrected chi connectivity index (χ3v) is 5.41. The molecule has 0 bridgehead atoms. The molecule has 0 fully saturated rings. The Morgan fingerprint density at radius 1 is 1.18 bits per heavy atom. The second-order valence-electron chi connectivity index (χ2n) is 6.22. The summed E-state index contributed by atoms with van der Waals surface area (Å²) in [7, 11) is 1.59. The zero-order valence-electron chi connectivity index (χ0n) is 15.5. The summed E-state index contributed by atoms with van der Waals surface area (Å²) in [5, 5.41) is 12.8. The minimum Gasteiger partial charge on any atom is -0.497 e. The number of carbonyl (C=O) groups excluding carboxylic acids is 1. The van der Waals surface area contributed by atoms with Crippen molar-refractivity contribution in [3.8, 4) is 16.3 Å². The Morgan fingerprint density at radius 2 is 1.93 bits per heavy atom. The molecule has 0 aliphatic rings. The fourth-order valence-corrected chi connectivity index (χ4v) is 3.73. The van der Waals surface area contributed by atoms with Crippen molar-refractivity contribution in [2.24, 2.45) is 0 Å². The summed E-state index contributed by atoms with van der Waals surface area (Å²) in [5.41, 5.74) is 2.24. The lowest BCUT2D eigenvalue weighted by molar-refractivity contribution is -0.139. The van der Waals surface area contributed by atoms with Gasteiger partial charge in [-0.15, -0.1) is 11.3 Å². The zero-order chi connectivity index (χ0) is 20.1. The summed E-state index contributed by atoms with van der Waals surface area (Å²) in [4.78, 5) is 29.2. The van der Waals surface area contributed by atoms with Crippen molar-refractivity contribution in [1.29, 1.82) is 0 Å². The van der Waals surface area contributed by atoms with Crippen LogP contribution in [0.1, 0.15) is 20.9 Å². The minimum atomic E-state index is -1.08. The van der Waals surface area contributed by atoms with Crippen LogP contribution in [0.15, 0.2) is 54.6 Å². The highest BCUT2D eigenvalue weighted by Crippen LogP contribution is 2.30. The first-order chi connectivity index (χ1) is 13.5. The highest BCUT2D eigenvalue weighted by molar-refractivity contribution is 7.17. The monoisotopic (exact) mass is 396 g/mol. The van der Waals surface area contributed by atoms with Crippen molar-refractivity contribution in [3.05, 3.63) is 70.7 Å². The molecule has 2 aromatic carbocycles. The average molecular weight is 396 g/mol. The summed E-state index contributed by atoms with van der Waals surface area (Å²) < 4.78 is 5.23. The van der Waals surface area contributed by atoms with Crippen molar-refractivity contribution in [1.82, 2.24) is 10.3 Å². The fraction of sp³-hybridized carbons (Fsp3) is 0.190. The lowest BCUT2D eigenvalue weighted by atomic mass is 10.1. The molecule has 0 aliphatic carbocycles. The van der Waals surface area contributed by atoms with Gasteiger partial charge in [-0.2, -0.15) is 0 Å². The van der Waals surface area contributed by atoms with Crippen LogP contribution in [0.4, 0.5) is 0 Å². The maximum atomic E-state index is 12.7. The second-order valence-corrected chi connectivity index (χ2v) is 7.22. The van der Waals surface area contributed by atoms with Crippen LogP contribution in [0.2, 0.25) is 0 Å². The fourth-order valence-electron chi connectivity index (χ4n) is 2.76. The number of carbonyl (C=O) groups is 2. The number of amides is 1. The summed E-state index contributed by atoms with van der Waals surface area (Å²) >= 11 is 1.23. The number of carboxylic acids is 1. The number of carboxylic acid groups (broad SMARTS) is 1. The molecular weight excluding hydrogens is 376 g/mol. The van der Waals surface area contributed by atoms with Gasteiger partial charge >= 0.3 is 5.97 Å². The molecule has 1 heterocycles. The molecule has 7 heteroatoms. The Kier molecular flexibility index (Phi) is 6.06. The first-order valence-electron chi connectivity index (χ1n) is 8.67. The SMILES string of the molecule is COc1cccc(-c2nc(C)c(C(=O)NC(Cc3ccccc3)C(=O)O)s2)c1. The number of aliphatic carboxylic acids is 1. The second kappa shape index (κ2) is 8.67. The summed E-state index contributed by atoms with van der Waals surface area (Å²) in [6, 6.07) is 15.6. The lowest BCUT2D eigenvalue weighted by Crippen LogP contribution is -2.42. The van der Waals surface area contributed by atoms with Gasteiger partial charge in [0.15, 0.2) is 0 Å². The molecule has 0 saturated carbocycles. The number of nitrogens with zero attached hydrogens (tertiary/aromatic N) is 1. The van der Waals surface area contributed by atoms with Gasteiger partial charge in [0, 0.05) is 12.0 Å². The van der Waals surface area contributed by atoms with Gasteiger partial charge in [-0.1, -0.05) is 42.5 Å². The van der Waals surface area contributed by atoms with E-state index in [1.807, 2.05) is 54.6 Å². The molecule has 144 valence electrons. The Bertz CT molecular complexity index is 985. The molecule has 3 rings (SSSR count). The first-order valence-corrected chi connectivity index (χ1v) is 9.49. The molecule has 2 N–H and O–H groups in total. The number of hydrogen-bond acceptors (Lipinski definition) is 5. The van der Waals surface area contributed by atoms with E-state index < -0.39 is 17.9 Å². The maximum absolute atomic E-state index is 12.7. The molecule has 0 aliphatic heterocycles. The van der Waals surface area contributed by atoms with Crippen LogP contribution in [-0.2, 0) is 11.2 Å². The molecule has 1 unspecified atom stereocenters. The van der Waals surface area contributed by atoms with E-state index in [2.05, 4.69) is 10.3 Å². The molecule has 1 amide bonds. The number of nitrogens with one attached hydrogen (secondary N) is 1. The van der Waals surface area contributed by atoms with Gasteiger partial charge in [0.1, 0.15) is 21.7 Å². The zero-order valence-corrected chi connectivity index (χ0v) is 16.3. The molecule has 1 atom stereocenters. The predicted octanol–water partition coefficient (Wildman–Crippen LogP) is 3.55. The summed E-state index contributed by atoms with van der Waals surface area (Å²) in [6.07, 6.45) is 0.211. The number of aryl methyl sites for hydroxylation is 1. The van der Waals surface area contributed by atoms with Crippen molar-refractivity contribution in [2.75, 3.05) is 7.11 Å². The molecule has 0 radical (unpaired) electrons. The van der Waals surface area contributed by atoms with Crippen LogP contribution < -0.4 is 10.1 Å². The number of methoxy groups -OCH3 is 1. The van der Waals surface area contributed by atoms with Crippen molar-refractivity contribution >= 4 is 23.2 Å². The number of thiazole rings is 1. The van der Waals surface area contributed by atoms with Gasteiger partial charge in [-0.3, -0.25) is 4.79 Å². The molecule has 6 nitrogen and oxygen atoms in total. The number of rotatable bonds is 7. The molecule has 0 spiro atoms. The van der Waals surface area contributed by atoms with Crippen molar-refractivity contribution in [3.63, 3.8) is 0 Å². The van der Waals surface area contributed by atoms with Gasteiger partial charge in [0.05, 0.1) is 12.8 Å². The van der Waals surface area contributed by atoms with Gasteiger partial charge in [-0.25, -0.2) is 9.78 Å². The van der Waals surface area contributed by atoms with Gasteiger partial charge in [-0.05, 0) is 24.6 Å². The van der Waals surface area contributed by atoms with Crippen molar-refractivity contribution < 1.29 is 19.4 Å². The highest BCUT2D eigenvalue weighted by atomic mass is 32.1. The third kappa shape index (κ3) is 4.55. The molecular formula is C21H20N2O4S. The molecule has 3 aromatic rings. The number of benzene rings is 2. The van der Waals surface area contributed by atoms with Gasteiger partial charge in [0.2, 0.25) is 0 Å². The molecule has 28 heavy (non-hydrogen) atoms. The Hall–Kier alpha value is -3.19. The summed E-state index contributed by atoms with van der Waals surface area (Å²) in [6.45, 7) is 1.74. The first kappa shape index (κ1) is 19.6. The predicted molar refractivity (Wildman–Crippen MR) is 108 cm³/mol. The van der Waals surface area contributed by atoms with E-state index >= 15 is 0 Å². The minimum absolute atomic E-state index is 0.211. The lowest BCUT2D eigenvalue weighted by Gasteiger charge is -2.14. The van der Waals surface area contributed by atoms with E-state index in [9.17, 15) is 14.7 Å². The molecule has 1 aromatic heterocycles. The Labute approximate surface area is 166 Å². The van der Waals surface area contributed by atoms with E-state index in [-0.39, 0.29) is 6.42 Å². The average Bonchev–Trinajstić information content (AvgIpc) is 3.10. The van der Waals surface area contributed by atoms with Crippen molar-refractivity contribution in [2.45, 2.75) is 19.4 Å². The number of ether oxygens (including phenoxy) is 1. The number of hydrogen-bond donors (Lipinski definition) is 2. The van der Waals surface area contributed by atoms with Crippen LogP contribution >= 0.6 is 11.3 Å². The maximum Gasteiger partial charge on any atom is 0.326 e. The highest BCUT2D eigenvalue weighted by Gasteiger charge is 2.24. The van der Waals surface area contributed by atoms with E-state index in [1.54, 1.807) is 14.0 Å². The van der Waals surface area contributed by atoms with E-state index in [0.29, 0.717) is 21.3 Å². The van der Waals surface area contributed by atoms with E-state index in [1.165, 1.54) is 11.3 Å². The third-order valence-electron chi connectivity index (χ3n) is 4.21. The normalized spacial score (nSPS) is 11.6. The van der Waals surface area contributed by atoms with E-state index in [4.69, 9.17) is 4.74 Å². The quantitative estimate of drug-likeness (QED) is 0.638. The molecule has 0 saturated heterocycles. The standard InChI is InChI=1S/C21H20N2O4S/c1-13-18(28-20(22-13)15-9-6-10-16(12-15)27-2)19(24)23-17(21(25)26)11-14-7-4-3-5-8-14/h3-10,12,17H,11H2,1-2H3,(H,23,24)(H,25,26). The largest absolute Gasteiger partial charge is 0.497 e. The van der Waals surface area contributed by atoms with Gasteiger partial charge in [0.25, 0.3) is 5.91 Å². The van der Waals surface area contributed by atoms with Crippen LogP contribution in [0, 0.1) is 6.92 Å². The summed E-state index contributed by atoms with van der Waals surface area (Å²) in [5.74, 6) is -0.815. The smallest absolute Gasteiger partial charge is 0.326 e. The Balaban J connectivity index is 1.79. The van der Waals surface area contributed by atoms with Crippen LogP contribution in [0.5, 0.6) is 5.75 Å². The number of aromatic nitrogens is 1. The van der Waals surface area contributed by atoms with Crippen LogP contribution in [-0.4, -0.2) is 35.1 Å². The van der Waals surface area contributed by atoms with E-state index in [0.717, 1.165) is 11.1 Å². The van der Waals surface area contributed by atoms with Gasteiger partial charge < -0.3 is 15.2 Å². The van der Waals surface area contributed by atoms with Crippen LogP contribution in [0.25, 0.3) is 10.6 Å². The Morgan fingerprint density at radius 3 is 2.61 bits per heavy atom. The topological polar surface area (TPSA) is 88.5 Å². The van der Waals surface area contributed by atoms with Crippen LogP contribution in [0.3, 0.4) is 0 Å².